The third-order valence-corrected chi connectivity index (χ3v) is 7.71. The van der Waals surface area contributed by atoms with Gasteiger partial charge in [-0.3, -0.25) is 9.59 Å². The fourth-order valence-electron chi connectivity index (χ4n) is 5.52. The third-order valence-electron chi connectivity index (χ3n) is 7.71. The average molecular weight is 530 g/mol. The van der Waals surface area contributed by atoms with Gasteiger partial charge in [-0.05, 0) is 48.9 Å². The summed E-state index contributed by atoms with van der Waals surface area (Å²) in [5.41, 5.74) is 3.50. The summed E-state index contributed by atoms with van der Waals surface area (Å²) in [6.07, 6.45) is 9.44. The molecule has 0 bridgehead atoms. The maximum atomic E-state index is 14.0. The summed E-state index contributed by atoms with van der Waals surface area (Å²) in [6.45, 7) is 2.55. The van der Waals surface area contributed by atoms with E-state index in [0.29, 0.717) is 39.0 Å². The number of carbonyl (C=O) groups is 2. The van der Waals surface area contributed by atoms with Crippen molar-refractivity contribution in [3.05, 3.63) is 95.8 Å². The Morgan fingerprint density at radius 2 is 1.56 bits per heavy atom. The van der Waals surface area contributed by atoms with Crippen LogP contribution in [0.4, 0.5) is 0 Å². The third kappa shape index (κ3) is 8.82. The molecule has 0 unspecified atom stereocenters. The maximum absolute atomic E-state index is 14.0. The highest BCUT2D eigenvalue weighted by atomic mass is 16.5. The van der Waals surface area contributed by atoms with Gasteiger partial charge in [-0.1, -0.05) is 79.9 Å². The summed E-state index contributed by atoms with van der Waals surface area (Å²) >= 11 is 0. The smallest absolute Gasteiger partial charge is 0.242 e. The van der Waals surface area contributed by atoms with Crippen LogP contribution in [0.1, 0.15) is 61.8 Å². The Hall–Kier alpha value is -3.38. The Balaban J connectivity index is 1.47. The van der Waals surface area contributed by atoms with E-state index in [4.69, 9.17) is 4.74 Å². The summed E-state index contributed by atoms with van der Waals surface area (Å²) in [6, 6.07) is 24.9. The number of hydrogen-bond acceptors (Lipinski definition) is 3. The van der Waals surface area contributed by atoms with Gasteiger partial charge in [0.2, 0.25) is 11.8 Å². The zero-order valence-electron chi connectivity index (χ0n) is 23.3. The van der Waals surface area contributed by atoms with Crippen molar-refractivity contribution in [2.24, 2.45) is 0 Å². The summed E-state index contributed by atoms with van der Waals surface area (Å²) in [5.74, 6) is 0.0687. The van der Waals surface area contributed by atoms with Crippen LogP contribution >= 0.6 is 0 Å². The highest BCUT2D eigenvalue weighted by molar-refractivity contribution is 5.85. The Morgan fingerprint density at radius 3 is 2.26 bits per heavy atom. The van der Waals surface area contributed by atoms with Gasteiger partial charge >= 0.3 is 0 Å². The van der Waals surface area contributed by atoms with Crippen LogP contribution in [0.15, 0.2) is 79.0 Å². The molecular formula is C33H43N3O3. The molecule has 3 aromatic rings. The van der Waals surface area contributed by atoms with Crippen LogP contribution < -0.4 is 0 Å². The normalized spacial score (nSPS) is 13.8. The van der Waals surface area contributed by atoms with Gasteiger partial charge in [-0.25, -0.2) is 0 Å². The summed E-state index contributed by atoms with van der Waals surface area (Å²) in [4.78, 5) is 31.1. The molecule has 1 aliphatic carbocycles. The average Bonchev–Trinajstić information content (AvgIpc) is 3.42. The van der Waals surface area contributed by atoms with Crippen molar-refractivity contribution >= 4 is 11.8 Å². The standard InChI is InChI=1S/C33H43N3O3/c1-39-24-12-23-35(32(37)21-20-28-13-5-2-6-14-28)27-33(38)36(30-17-9-4-10-18-30)26-31-19-11-22-34(31)25-29-15-7-3-8-16-29/h2-3,5-8,11,13-16,19,22,30H,4,9-10,12,17-18,20-21,23-27H2,1H3. The molecule has 1 aliphatic rings. The number of hydrogen-bond donors (Lipinski definition) is 0. The number of aromatic nitrogens is 1. The lowest BCUT2D eigenvalue weighted by Gasteiger charge is -2.36. The quantitative estimate of drug-likeness (QED) is 0.252. The van der Waals surface area contributed by atoms with Crippen molar-refractivity contribution in [1.29, 1.82) is 0 Å². The molecule has 2 aromatic carbocycles. The SMILES string of the molecule is COCCCN(CC(=O)N(Cc1cccn1Cc1ccccc1)C1CCCCC1)C(=O)CCc1ccccc1. The van der Waals surface area contributed by atoms with E-state index in [0.717, 1.165) is 43.5 Å². The van der Waals surface area contributed by atoms with E-state index in [-0.39, 0.29) is 24.4 Å². The molecule has 0 spiro atoms. The molecule has 2 amide bonds. The van der Waals surface area contributed by atoms with E-state index in [1.165, 1.54) is 12.0 Å². The van der Waals surface area contributed by atoms with E-state index in [1.54, 1.807) is 12.0 Å². The number of nitrogens with zero attached hydrogens (tertiary/aromatic N) is 3. The monoisotopic (exact) mass is 529 g/mol. The molecule has 1 saturated carbocycles. The fourth-order valence-corrected chi connectivity index (χ4v) is 5.52. The van der Waals surface area contributed by atoms with Gasteiger partial charge in [-0.2, -0.15) is 0 Å². The molecule has 6 heteroatoms. The van der Waals surface area contributed by atoms with Crippen molar-refractivity contribution in [1.82, 2.24) is 14.4 Å². The lowest BCUT2D eigenvalue weighted by Crippen LogP contribution is -2.48. The van der Waals surface area contributed by atoms with Gasteiger partial charge in [0.25, 0.3) is 0 Å². The molecule has 1 heterocycles. The first-order chi connectivity index (χ1) is 19.1. The highest BCUT2D eigenvalue weighted by Gasteiger charge is 2.28. The number of methoxy groups -OCH3 is 1. The molecule has 208 valence electrons. The molecule has 6 nitrogen and oxygen atoms in total. The van der Waals surface area contributed by atoms with Gasteiger partial charge in [0, 0.05) is 51.2 Å². The predicted molar refractivity (Wildman–Crippen MR) is 155 cm³/mol. The van der Waals surface area contributed by atoms with E-state index >= 15 is 0 Å². The van der Waals surface area contributed by atoms with E-state index in [9.17, 15) is 9.59 Å². The lowest BCUT2D eigenvalue weighted by molar-refractivity contribution is -0.143. The molecule has 4 rings (SSSR count). The first-order valence-corrected chi connectivity index (χ1v) is 14.4. The van der Waals surface area contributed by atoms with Crippen LogP contribution in [-0.4, -0.2) is 59.0 Å². The highest BCUT2D eigenvalue weighted by Crippen LogP contribution is 2.25. The van der Waals surface area contributed by atoms with Crippen molar-refractivity contribution < 1.29 is 14.3 Å². The Bertz CT molecular complexity index is 1140. The van der Waals surface area contributed by atoms with Crippen molar-refractivity contribution in [2.45, 2.75) is 70.5 Å². The first-order valence-electron chi connectivity index (χ1n) is 14.4. The largest absolute Gasteiger partial charge is 0.385 e. The fraction of sp³-hybridized carbons (Fsp3) is 0.455. The topological polar surface area (TPSA) is 54.8 Å². The summed E-state index contributed by atoms with van der Waals surface area (Å²) < 4.78 is 7.48. The molecular weight excluding hydrogens is 486 g/mol. The van der Waals surface area contributed by atoms with Crippen LogP contribution in [0.2, 0.25) is 0 Å². The minimum atomic E-state index is 0.0272. The predicted octanol–water partition coefficient (Wildman–Crippen LogP) is 5.70. The van der Waals surface area contributed by atoms with Crippen LogP contribution in [-0.2, 0) is 33.8 Å². The second-order valence-corrected chi connectivity index (χ2v) is 10.6. The maximum Gasteiger partial charge on any atom is 0.242 e. The van der Waals surface area contributed by atoms with Gasteiger partial charge < -0.3 is 19.1 Å². The molecule has 0 atom stereocenters. The van der Waals surface area contributed by atoms with Crippen molar-refractivity contribution in [3.8, 4) is 0 Å². The van der Waals surface area contributed by atoms with Gasteiger partial charge in [0.05, 0.1) is 13.1 Å². The zero-order valence-corrected chi connectivity index (χ0v) is 23.3. The van der Waals surface area contributed by atoms with Crippen LogP contribution in [0.5, 0.6) is 0 Å². The molecule has 0 N–H and O–H groups in total. The zero-order chi connectivity index (χ0) is 27.3. The van der Waals surface area contributed by atoms with Crippen molar-refractivity contribution in [3.63, 3.8) is 0 Å². The number of aryl methyl sites for hydroxylation is 1. The van der Waals surface area contributed by atoms with Crippen LogP contribution in [0.25, 0.3) is 0 Å². The number of amides is 2. The molecule has 0 saturated heterocycles. The number of benzene rings is 2. The Kier molecular flexibility index (Phi) is 11.2. The minimum absolute atomic E-state index is 0.0272. The van der Waals surface area contributed by atoms with E-state index < -0.39 is 0 Å². The first kappa shape index (κ1) is 28.6. The van der Waals surface area contributed by atoms with Gasteiger partial charge in [0.1, 0.15) is 0 Å². The molecule has 0 aliphatic heterocycles. The molecule has 39 heavy (non-hydrogen) atoms. The van der Waals surface area contributed by atoms with Gasteiger partial charge in [-0.15, -0.1) is 0 Å². The Labute approximate surface area is 233 Å². The van der Waals surface area contributed by atoms with Crippen molar-refractivity contribution in [2.75, 3.05) is 26.8 Å². The van der Waals surface area contributed by atoms with Crippen LogP contribution in [0, 0.1) is 0 Å². The van der Waals surface area contributed by atoms with Gasteiger partial charge in [0.15, 0.2) is 0 Å². The van der Waals surface area contributed by atoms with E-state index in [1.807, 2.05) is 36.4 Å². The minimum Gasteiger partial charge on any atom is -0.385 e. The second-order valence-electron chi connectivity index (χ2n) is 10.6. The Morgan fingerprint density at radius 1 is 0.872 bits per heavy atom. The second kappa shape index (κ2) is 15.3. The number of carbonyl (C=O) groups excluding carboxylic acids is 2. The lowest BCUT2D eigenvalue weighted by atomic mass is 9.94. The summed E-state index contributed by atoms with van der Waals surface area (Å²) in [7, 11) is 1.67. The number of rotatable bonds is 14. The summed E-state index contributed by atoms with van der Waals surface area (Å²) in [5, 5.41) is 0. The van der Waals surface area contributed by atoms with E-state index in [2.05, 4.69) is 52.1 Å². The van der Waals surface area contributed by atoms with Crippen LogP contribution in [0.3, 0.4) is 0 Å². The molecule has 1 aromatic heterocycles. The molecule has 0 radical (unpaired) electrons. The number of ether oxygens (including phenoxy) is 1. The molecule has 1 fully saturated rings.